The summed E-state index contributed by atoms with van der Waals surface area (Å²) in [6.45, 7) is 2.27. The fraction of sp³-hybridized carbons (Fsp3) is 0.278. The molecule has 0 aliphatic heterocycles. The molecule has 0 aliphatic carbocycles. The molecule has 2 rings (SSSR count). The maximum absolute atomic E-state index is 12.0. The summed E-state index contributed by atoms with van der Waals surface area (Å²) in [5.74, 6) is -0.100. The van der Waals surface area contributed by atoms with E-state index in [1.807, 2.05) is 19.1 Å². The van der Waals surface area contributed by atoms with Gasteiger partial charge in [-0.15, -0.1) is 0 Å². The first-order chi connectivity index (χ1) is 12.0. The fourth-order valence-corrected chi connectivity index (χ4v) is 2.12. The van der Waals surface area contributed by atoms with Crippen LogP contribution in [0.1, 0.15) is 25.3 Å². The number of carbonyl (C=O) groups is 2. The number of hydrogen-bond donors (Lipinski definition) is 4. The molecule has 25 heavy (non-hydrogen) atoms. The van der Waals surface area contributed by atoms with Crippen molar-refractivity contribution in [2.45, 2.75) is 32.4 Å². The molecule has 3 amide bonds. The highest BCUT2D eigenvalue weighted by Crippen LogP contribution is 2.15. The number of nitrogens with one attached hydrogen (secondary N) is 3. The van der Waals surface area contributed by atoms with Gasteiger partial charge in [0.1, 0.15) is 0 Å². The summed E-state index contributed by atoms with van der Waals surface area (Å²) in [5.41, 5.74) is 7.83. The number of anilines is 2. The third kappa shape index (κ3) is 7.01. The second kappa shape index (κ2) is 9.39. The number of rotatable bonds is 7. The second-order valence-corrected chi connectivity index (χ2v) is 5.81. The minimum Gasteiger partial charge on any atom is -0.334 e. The molecule has 1 heterocycles. The van der Waals surface area contributed by atoms with E-state index >= 15 is 0 Å². The van der Waals surface area contributed by atoms with Gasteiger partial charge in [0.2, 0.25) is 5.91 Å². The van der Waals surface area contributed by atoms with Gasteiger partial charge in [0.05, 0.1) is 0 Å². The molecule has 7 nitrogen and oxygen atoms in total. The summed E-state index contributed by atoms with van der Waals surface area (Å²) in [6.07, 6.45) is 4.34. The Morgan fingerprint density at radius 1 is 1.12 bits per heavy atom. The zero-order valence-corrected chi connectivity index (χ0v) is 14.2. The molecule has 7 heteroatoms. The van der Waals surface area contributed by atoms with E-state index in [1.54, 1.807) is 36.7 Å². The first-order valence-electron chi connectivity index (χ1n) is 8.12. The number of pyridine rings is 1. The smallest absolute Gasteiger partial charge is 0.319 e. The molecule has 0 spiro atoms. The van der Waals surface area contributed by atoms with Gasteiger partial charge >= 0.3 is 6.03 Å². The van der Waals surface area contributed by atoms with Gasteiger partial charge < -0.3 is 21.7 Å². The van der Waals surface area contributed by atoms with Crippen molar-refractivity contribution in [2.24, 2.45) is 5.73 Å². The van der Waals surface area contributed by atoms with Gasteiger partial charge in [-0.05, 0) is 49.2 Å². The Balaban J connectivity index is 1.83. The van der Waals surface area contributed by atoms with Crippen molar-refractivity contribution in [2.75, 3.05) is 10.6 Å². The summed E-state index contributed by atoms with van der Waals surface area (Å²) in [7, 11) is 0. The minimum absolute atomic E-state index is 0.0113. The summed E-state index contributed by atoms with van der Waals surface area (Å²) in [5, 5.41) is 8.30. The number of hydrogen-bond acceptors (Lipinski definition) is 4. The van der Waals surface area contributed by atoms with Gasteiger partial charge in [-0.25, -0.2) is 4.79 Å². The van der Waals surface area contributed by atoms with Crippen molar-refractivity contribution in [1.82, 2.24) is 10.3 Å². The van der Waals surface area contributed by atoms with Gasteiger partial charge in [-0.3, -0.25) is 9.78 Å². The van der Waals surface area contributed by atoms with Crippen LogP contribution in [-0.4, -0.2) is 23.0 Å². The first-order valence-corrected chi connectivity index (χ1v) is 8.12. The molecule has 1 aromatic carbocycles. The van der Waals surface area contributed by atoms with Crippen LogP contribution in [0.3, 0.4) is 0 Å². The molecule has 0 fully saturated rings. The lowest BCUT2D eigenvalue weighted by atomic mass is 10.2. The molecule has 1 atom stereocenters. The molecule has 5 N–H and O–H groups in total. The van der Waals surface area contributed by atoms with Gasteiger partial charge in [-0.2, -0.15) is 0 Å². The predicted molar refractivity (Wildman–Crippen MR) is 98.1 cm³/mol. The topological polar surface area (TPSA) is 109 Å². The molecular formula is C18H23N5O2. The van der Waals surface area contributed by atoms with Crippen molar-refractivity contribution in [1.29, 1.82) is 0 Å². The van der Waals surface area contributed by atoms with Crippen LogP contribution in [0.2, 0.25) is 0 Å². The Morgan fingerprint density at radius 2 is 1.80 bits per heavy atom. The summed E-state index contributed by atoms with van der Waals surface area (Å²) < 4.78 is 0. The maximum Gasteiger partial charge on any atom is 0.319 e. The Morgan fingerprint density at radius 3 is 2.48 bits per heavy atom. The Kier molecular flexibility index (Phi) is 6.91. The average Bonchev–Trinajstić information content (AvgIpc) is 2.59. The Bertz CT molecular complexity index is 704. The number of carbonyl (C=O) groups excluding carboxylic acids is 2. The molecule has 0 aliphatic rings. The van der Waals surface area contributed by atoms with E-state index in [0.717, 1.165) is 5.56 Å². The van der Waals surface area contributed by atoms with Crippen LogP contribution < -0.4 is 21.7 Å². The third-order valence-electron chi connectivity index (χ3n) is 3.43. The van der Waals surface area contributed by atoms with Crippen molar-refractivity contribution >= 4 is 23.3 Å². The van der Waals surface area contributed by atoms with E-state index in [0.29, 0.717) is 30.8 Å². The predicted octanol–water partition coefficient (Wildman–Crippen LogP) is 2.47. The van der Waals surface area contributed by atoms with Gasteiger partial charge in [-0.1, -0.05) is 6.07 Å². The molecule has 1 unspecified atom stereocenters. The Labute approximate surface area is 147 Å². The number of nitrogens with two attached hydrogens (primary N) is 1. The zero-order chi connectivity index (χ0) is 18.1. The van der Waals surface area contributed by atoms with Gasteiger partial charge in [0.15, 0.2) is 0 Å². The van der Waals surface area contributed by atoms with Crippen LogP contribution >= 0.6 is 0 Å². The van der Waals surface area contributed by atoms with E-state index in [4.69, 9.17) is 5.73 Å². The van der Waals surface area contributed by atoms with Crippen LogP contribution in [-0.2, 0) is 11.3 Å². The average molecular weight is 341 g/mol. The Hall–Kier alpha value is -2.93. The number of aromatic nitrogens is 1. The highest BCUT2D eigenvalue weighted by molar-refractivity contribution is 5.93. The number of urea groups is 1. The van der Waals surface area contributed by atoms with E-state index < -0.39 is 0 Å². The lowest BCUT2D eigenvalue weighted by Crippen LogP contribution is -2.28. The molecule has 0 bridgehead atoms. The van der Waals surface area contributed by atoms with E-state index in [2.05, 4.69) is 20.9 Å². The van der Waals surface area contributed by atoms with E-state index in [-0.39, 0.29) is 18.0 Å². The number of benzene rings is 1. The lowest BCUT2D eigenvalue weighted by Gasteiger charge is -2.10. The monoisotopic (exact) mass is 341 g/mol. The summed E-state index contributed by atoms with van der Waals surface area (Å²) in [6, 6.07) is 10.3. The van der Waals surface area contributed by atoms with Crippen LogP contribution in [0.4, 0.5) is 16.2 Å². The normalized spacial score (nSPS) is 11.4. The van der Waals surface area contributed by atoms with Gasteiger partial charge in [0, 0.05) is 42.8 Å². The summed E-state index contributed by atoms with van der Waals surface area (Å²) in [4.78, 5) is 27.7. The second-order valence-electron chi connectivity index (χ2n) is 5.81. The van der Waals surface area contributed by atoms with Crippen molar-refractivity contribution in [3.05, 3.63) is 54.4 Å². The maximum atomic E-state index is 12.0. The third-order valence-corrected chi connectivity index (χ3v) is 3.43. The molecular weight excluding hydrogens is 318 g/mol. The molecule has 0 saturated carbocycles. The molecule has 0 saturated heterocycles. The standard InChI is InChI=1S/C18H23N5O2/c1-13(19)5-6-17(24)22-15-3-2-4-16(11-15)23-18(25)21-12-14-7-9-20-10-8-14/h2-4,7-11,13H,5-6,12,19H2,1H3,(H,22,24)(H2,21,23,25). The van der Waals surface area contributed by atoms with Crippen LogP contribution in [0.5, 0.6) is 0 Å². The summed E-state index contributed by atoms with van der Waals surface area (Å²) >= 11 is 0. The van der Waals surface area contributed by atoms with Crippen LogP contribution in [0, 0.1) is 0 Å². The molecule has 1 aromatic heterocycles. The van der Waals surface area contributed by atoms with Crippen molar-refractivity contribution < 1.29 is 9.59 Å². The minimum atomic E-state index is -0.322. The first kappa shape index (κ1) is 18.4. The quantitative estimate of drug-likeness (QED) is 0.620. The highest BCUT2D eigenvalue weighted by Gasteiger charge is 2.06. The van der Waals surface area contributed by atoms with Crippen LogP contribution in [0.15, 0.2) is 48.8 Å². The SMILES string of the molecule is CC(N)CCC(=O)Nc1cccc(NC(=O)NCc2ccncc2)c1. The van der Waals surface area contributed by atoms with E-state index in [9.17, 15) is 9.59 Å². The lowest BCUT2D eigenvalue weighted by molar-refractivity contribution is -0.116. The van der Waals surface area contributed by atoms with Crippen molar-refractivity contribution in [3.63, 3.8) is 0 Å². The molecule has 2 aromatic rings. The molecule has 0 radical (unpaired) electrons. The largest absolute Gasteiger partial charge is 0.334 e. The highest BCUT2D eigenvalue weighted by atomic mass is 16.2. The fourth-order valence-electron chi connectivity index (χ4n) is 2.12. The van der Waals surface area contributed by atoms with Gasteiger partial charge in [0.25, 0.3) is 0 Å². The van der Waals surface area contributed by atoms with E-state index in [1.165, 1.54) is 0 Å². The number of nitrogens with zero attached hydrogens (tertiary/aromatic N) is 1. The van der Waals surface area contributed by atoms with Crippen molar-refractivity contribution in [3.8, 4) is 0 Å². The zero-order valence-electron chi connectivity index (χ0n) is 14.2. The van der Waals surface area contributed by atoms with Crippen LogP contribution in [0.25, 0.3) is 0 Å². The molecule has 132 valence electrons. The number of amides is 3.